The number of carbonyl (C=O) groups is 1. The monoisotopic (exact) mass is 422 g/mol. The van der Waals surface area contributed by atoms with Crippen LogP contribution in [0.4, 0.5) is 0 Å². The first-order valence-corrected chi connectivity index (χ1v) is 13.7. The van der Waals surface area contributed by atoms with Crippen molar-refractivity contribution in [2.24, 2.45) is 0 Å². The molecule has 0 saturated heterocycles. The van der Waals surface area contributed by atoms with Gasteiger partial charge in [0.25, 0.3) is 0 Å². The van der Waals surface area contributed by atoms with Gasteiger partial charge in [-0.2, -0.15) is 0 Å². The van der Waals surface area contributed by atoms with Gasteiger partial charge < -0.3 is 0 Å². The number of hydrogen-bond acceptors (Lipinski definition) is 1. The Morgan fingerprint density at radius 1 is 0.667 bits per heavy atom. The van der Waals surface area contributed by atoms with Gasteiger partial charge in [0.1, 0.15) is 0 Å². The second-order valence-electron chi connectivity index (χ2n) is 5.58. The van der Waals surface area contributed by atoms with Crippen molar-refractivity contribution in [1.29, 1.82) is 0 Å². The molecule has 0 aliphatic rings. The van der Waals surface area contributed by atoms with Crippen LogP contribution in [-0.2, 0) is 4.79 Å². The van der Waals surface area contributed by atoms with Crippen molar-refractivity contribution < 1.29 is 9.90 Å². The predicted molar refractivity (Wildman–Crippen MR) is 101 cm³/mol. The van der Waals surface area contributed by atoms with E-state index in [1.165, 1.54) is 16.8 Å². The molecule has 0 aromatic heterocycles. The maximum atomic E-state index is 11.3. The van der Waals surface area contributed by atoms with Crippen LogP contribution in [0.3, 0.4) is 0 Å². The molecule has 0 amide bonds. The molecule has 0 saturated carbocycles. The van der Waals surface area contributed by atoms with E-state index < -0.39 is 24.3 Å². The number of benzene rings is 3. The molecule has 3 rings (SSSR count). The molecule has 118 valence electrons. The SMILES string of the molecule is O=C(O)/C=[CH]/[Sn]([c]1ccccc1)([c]1ccccc1)[c]1ccccc1. The summed E-state index contributed by atoms with van der Waals surface area (Å²) in [6.45, 7) is 0. The average Bonchev–Trinajstić information content (AvgIpc) is 2.65. The summed E-state index contributed by atoms with van der Waals surface area (Å²) in [6.07, 6.45) is 1.32. The van der Waals surface area contributed by atoms with Gasteiger partial charge in [0, 0.05) is 0 Å². The zero-order valence-electron chi connectivity index (χ0n) is 13.2. The van der Waals surface area contributed by atoms with Crippen LogP contribution >= 0.6 is 0 Å². The van der Waals surface area contributed by atoms with Gasteiger partial charge in [-0.1, -0.05) is 0 Å². The van der Waals surface area contributed by atoms with Crippen molar-refractivity contribution in [3.63, 3.8) is 0 Å². The first-order chi connectivity index (χ1) is 11.7. The Balaban J connectivity index is 2.35. The molecule has 0 unspecified atom stereocenters. The van der Waals surface area contributed by atoms with Crippen LogP contribution in [-0.4, -0.2) is 29.5 Å². The van der Waals surface area contributed by atoms with Crippen molar-refractivity contribution >= 4 is 35.1 Å². The minimum absolute atomic E-state index is 0.904. The molecule has 2 nitrogen and oxygen atoms in total. The summed E-state index contributed by atoms with van der Waals surface area (Å²) in [4.78, 5) is 11.3. The molecule has 0 spiro atoms. The molecule has 0 aliphatic carbocycles. The van der Waals surface area contributed by atoms with Crippen molar-refractivity contribution in [2.45, 2.75) is 0 Å². The molecule has 3 aromatic carbocycles. The normalized spacial score (nSPS) is 11.5. The zero-order chi connectivity index (χ0) is 16.8. The fourth-order valence-corrected chi connectivity index (χ4v) is 14.9. The third-order valence-electron chi connectivity index (χ3n) is 4.16. The van der Waals surface area contributed by atoms with E-state index in [1.807, 2.05) is 58.7 Å². The van der Waals surface area contributed by atoms with E-state index in [0.717, 1.165) is 0 Å². The Morgan fingerprint density at radius 2 is 1.00 bits per heavy atom. The van der Waals surface area contributed by atoms with Gasteiger partial charge in [-0.15, -0.1) is 0 Å². The third kappa shape index (κ3) is 3.29. The summed E-state index contributed by atoms with van der Waals surface area (Å²) in [7, 11) is 0. The molecular formula is C21H18O2Sn. The Kier molecular flexibility index (Phi) is 5.16. The first kappa shape index (κ1) is 16.5. The first-order valence-electron chi connectivity index (χ1n) is 7.82. The Bertz CT molecular complexity index is 731. The maximum absolute atomic E-state index is 11.3. The number of carboxylic acid groups (broad SMARTS) is 1. The molecule has 24 heavy (non-hydrogen) atoms. The minimum atomic E-state index is -3.52. The van der Waals surface area contributed by atoms with Crippen LogP contribution in [0.5, 0.6) is 0 Å². The van der Waals surface area contributed by atoms with Crippen molar-refractivity contribution in [3.8, 4) is 0 Å². The third-order valence-corrected chi connectivity index (χ3v) is 16.7. The summed E-state index contributed by atoms with van der Waals surface area (Å²) in [5, 5.41) is 9.26. The molecule has 0 heterocycles. The van der Waals surface area contributed by atoms with Crippen molar-refractivity contribution in [3.05, 3.63) is 101 Å². The second-order valence-corrected chi connectivity index (χ2v) is 16.1. The van der Waals surface area contributed by atoms with Crippen LogP contribution in [0, 0.1) is 0 Å². The van der Waals surface area contributed by atoms with Gasteiger partial charge >= 0.3 is 146 Å². The Morgan fingerprint density at radius 3 is 1.29 bits per heavy atom. The van der Waals surface area contributed by atoms with Crippen LogP contribution in [0.15, 0.2) is 101 Å². The van der Waals surface area contributed by atoms with Gasteiger partial charge in [0.15, 0.2) is 0 Å². The predicted octanol–water partition coefficient (Wildman–Crippen LogP) is 2.34. The zero-order valence-corrected chi connectivity index (χ0v) is 16.0. The summed E-state index contributed by atoms with van der Waals surface area (Å²) in [5.41, 5.74) is 0. The van der Waals surface area contributed by atoms with E-state index in [-0.39, 0.29) is 0 Å². The molecule has 0 fully saturated rings. The van der Waals surface area contributed by atoms with E-state index >= 15 is 0 Å². The van der Waals surface area contributed by atoms with Crippen LogP contribution in [0.2, 0.25) is 0 Å². The van der Waals surface area contributed by atoms with E-state index in [2.05, 4.69) is 36.4 Å². The molecule has 0 bridgehead atoms. The van der Waals surface area contributed by atoms with Crippen molar-refractivity contribution in [1.82, 2.24) is 0 Å². The molecule has 3 aromatic rings. The van der Waals surface area contributed by atoms with E-state index in [9.17, 15) is 9.90 Å². The number of carboxylic acids is 1. The fourth-order valence-electron chi connectivity index (χ4n) is 3.09. The molecular weight excluding hydrogens is 403 g/mol. The molecule has 1 N–H and O–H groups in total. The summed E-state index contributed by atoms with van der Waals surface area (Å²) in [5.74, 6) is -0.904. The Hall–Kier alpha value is -2.33. The fraction of sp³-hybridized carbons (Fsp3) is 0. The summed E-state index contributed by atoms with van der Waals surface area (Å²) < 4.78 is 5.70. The quantitative estimate of drug-likeness (QED) is 0.508. The van der Waals surface area contributed by atoms with E-state index in [4.69, 9.17) is 0 Å². The van der Waals surface area contributed by atoms with E-state index in [1.54, 1.807) is 0 Å². The topological polar surface area (TPSA) is 37.3 Å². The standard InChI is InChI=1S/3C6H5.C3H3O2.Sn/c3*1-2-4-6-5-3-1;1-2-3(4)5;/h3*1-5H;1-2H,(H,4,5);. The van der Waals surface area contributed by atoms with E-state index in [0.29, 0.717) is 0 Å². The molecule has 0 atom stereocenters. The van der Waals surface area contributed by atoms with Crippen LogP contribution in [0.1, 0.15) is 0 Å². The van der Waals surface area contributed by atoms with Gasteiger partial charge in [0.2, 0.25) is 0 Å². The van der Waals surface area contributed by atoms with Gasteiger partial charge in [-0.05, 0) is 0 Å². The second kappa shape index (κ2) is 7.49. The molecule has 0 aliphatic heterocycles. The van der Waals surface area contributed by atoms with Gasteiger partial charge in [-0.3, -0.25) is 0 Å². The summed E-state index contributed by atoms with van der Waals surface area (Å²) in [6, 6.07) is 30.9. The number of hydrogen-bond donors (Lipinski definition) is 1. The number of aliphatic carboxylic acids is 1. The van der Waals surface area contributed by atoms with Gasteiger partial charge in [-0.25, -0.2) is 0 Å². The van der Waals surface area contributed by atoms with Crippen LogP contribution < -0.4 is 10.7 Å². The molecule has 3 heteroatoms. The van der Waals surface area contributed by atoms with Gasteiger partial charge in [0.05, 0.1) is 0 Å². The average molecular weight is 421 g/mol. The number of rotatable bonds is 5. The summed E-state index contributed by atoms with van der Waals surface area (Å²) >= 11 is -3.52. The molecule has 0 radical (unpaired) electrons. The van der Waals surface area contributed by atoms with Crippen molar-refractivity contribution in [2.75, 3.05) is 0 Å². The Labute approximate surface area is 146 Å². The van der Waals surface area contributed by atoms with Crippen LogP contribution in [0.25, 0.3) is 0 Å².